The molecule has 0 saturated heterocycles. The van der Waals surface area contributed by atoms with Gasteiger partial charge in [-0.3, -0.25) is 19.4 Å². The summed E-state index contributed by atoms with van der Waals surface area (Å²) in [6.07, 6.45) is -0.0448. The number of fused-ring (bicyclic) bond motifs is 1. The average molecular weight is 373 g/mol. The Labute approximate surface area is 153 Å². The number of oxime groups is 1. The van der Waals surface area contributed by atoms with Crippen molar-refractivity contribution in [3.63, 3.8) is 0 Å². The zero-order chi connectivity index (χ0) is 19.4. The first-order valence-corrected chi connectivity index (χ1v) is 8.17. The minimum Gasteiger partial charge on any atom is -0.481 e. The van der Waals surface area contributed by atoms with Crippen molar-refractivity contribution in [2.45, 2.75) is 25.0 Å². The highest BCUT2D eigenvalue weighted by Gasteiger charge is 2.33. The van der Waals surface area contributed by atoms with Crippen LogP contribution in [0.1, 0.15) is 18.5 Å². The van der Waals surface area contributed by atoms with Crippen molar-refractivity contribution in [3.05, 3.63) is 42.2 Å². The van der Waals surface area contributed by atoms with Gasteiger partial charge in [-0.25, -0.2) is 4.39 Å². The molecule has 2 heterocycles. The van der Waals surface area contributed by atoms with Crippen molar-refractivity contribution >= 4 is 34.1 Å². The number of pyridine rings is 1. The van der Waals surface area contributed by atoms with Crippen LogP contribution >= 0.6 is 0 Å². The molecule has 1 aliphatic rings. The van der Waals surface area contributed by atoms with E-state index in [0.29, 0.717) is 11.4 Å². The molecular weight excluding hydrogens is 357 g/mol. The largest absolute Gasteiger partial charge is 0.481 e. The van der Waals surface area contributed by atoms with Crippen LogP contribution in [0.25, 0.3) is 10.8 Å². The molecule has 140 valence electrons. The number of hydrogen-bond donors (Lipinski definition) is 2. The molecule has 3 rings (SSSR count). The third-order valence-electron chi connectivity index (χ3n) is 4.12. The van der Waals surface area contributed by atoms with Gasteiger partial charge >= 0.3 is 5.97 Å². The molecule has 0 aliphatic carbocycles. The van der Waals surface area contributed by atoms with E-state index in [9.17, 15) is 18.8 Å². The van der Waals surface area contributed by atoms with Gasteiger partial charge in [0.2, 0.25) is 6.10 Å². The molecule has 0 saturated carbocycles. The van der Waals surface area contributed by atoms with Gasteiger partial charge in [0, 0.05) is 18.0 Å². The lowest BCUT2D eigenvalue weighted by Crippen LogP contribution is -2.47. The van der Waals surface area contributed by atoms with Gasteiger partial charge in [0.1, 0.15) is 18.4 Å². The number of carboxylic acids is 1. The van der Waals surface area contributed by atoms with Gasteiger partial charge in [0.25, 0.3) is 5.91 Å². The molecule has 1 unspecified atom stereocenters. The number of nitrogens with zero attached hydrogens (tertiary/aromatic N) is 2. The van der Waals surface area contributed by atoms with Crippen LogP contribution in [-0.2, 0) is 19.2 Å². The minimum atomic E-state index is -1.46. The van der Waals surface area contributed by atoms with Crippen molar-refractivity contribution in [2.75, 3.05) is 6.67 Å². The summed E-state index contributed by atoms with van der Waals surface area (Å²) in [4.78, 5) is 44.0. The Morgan fingerprint density at radius 1 is 1.30 bits per heavy atom. The number of Topliss-reactive ketones (excluding diaryl/α,β-unsaturated/α-hetero) is 1. The molecule has 1 aromatic heterocycles. The molecule has 2 N–H and O–H groups in total. The number of carbonyl (C=O) groups is 3. The first-order valence-electron chi connectivity index (χ1n) is 8.17. The molecule has 2 aromatic rings. The number of ketones is 1. The number of benzene rings is 1. The van der Waals surface area contributed by atoms with E-state index in [1.807, 2.05) is 30.3 Å². The van der Waals surface area contributed by atoms with Gasteiger partial charge < -0.3 is 15.3 Å². The Hall–Kier alpha value is -3.36. The molecule has 1 aliphatic heterocycles. The van der Waals surface area contributed by atoms with Crippen molar-refractivity contribution in [1.29, 1.82) is 0 Å². The highest BCUT2D eigenvalue weighted by molar-refractivity contribution is 6.11. The lowest BCUT2D eigenvalue weighted by molar-refractivity contribution is -0.141. The van der Waals surface area contributed by atoms with Crippen LogP contribution in [0.3, 0.4) is 0 Å². The fraction of sp³-hybridized carbons (Fsp3) is 0.278. The quantitative estimate of drug-likeness (QED) is 0.754. The maximum Gasteiger partial charge on any atom is 0.305 e. The van der Waals surface area contributed by atoms with E-state index in [0.717, 1.165) is 10.8 Å². The fourth-order valence-corrected chi connectivity index (χ4v) is 2.79. The number of hydrogen-bond acceptors (Lipinski definition) is 6. The minimum absolute atomic E-state index is 0.0937. The molecule has 27 heavy (non-hydrogen) atoms. The summed E-state index contributed by atoms with van der Waals surface area (Å²) in [5, 5.41) is 16.7. The maximum atomic E-state index is 12.6. The smallest absolute Gasteiger partial charge is 0.305 e. The Morgan fingerprint density at radius 3 is 2.81 bits per heavy atom. The number of amides is 1. The van der Waals surface area contributed by atoms with Crippen molar-refractivity contribution in [1.82, 2.24) is 10.3 Å². The van der Waals surface area contributed by atoms with E-state index < -0.39 is 42.9 Å². The normalized spacial score (nSPS) is 17.1. The van der Waals surface area contributed by atoms with Gasteiger partial charge in [0.15, 0.2) is 5.78 Å². The van der Waals surface area contributed by atoms with E-state index in [-0.39, 0.29) is 6.42 Å². The van der Waals surface area contributed by atoms with Crippen LogP contribution in [-0.4, -0.2) is 52.3 Å². The number of carboxylic acid groups (broad SMARTS) is 1. The van der Waals surface area contributed by atoms with E-state index in [2.05, 4.69) is 15.5 Å². The van der Waals surface area contributed by atoms with Gasteiger partial charge in [-0.05, 0) is 11.5 Å². The second-order valence-corrected chi connectivity index (χ2v) is 5.98. The zero-order valence-corrected chi connectivity index (χ0v) is 14.1. The number of aromatic nitrogens is 1. The SMILES string of the molecule is O=C(O)C[C@H](NC(=O)C1CC(c2nccc3ccccc23)=NO1)C(=O)CF. The van der Waals surface area contributed by atoms with Crippen LogP contribution in [0.5, 0.6) is 0 Å². The average Bonchev–Trinajstić information content (AvgIpc) is 3.16. The molecule has 0 spiro atoms. The number of rotatable bonds is 7. The molecular formula is C18H16FN3O5. The predicted octanol–water partition coefficient (Wildman–Crippen LogP) is 1.23. The summed E-state index contributed by atoms with van der Waals surface area (Å²) in [5.41, 5.74) is 1.03. The van der Waals surface area contributed by atoms with E-state index in [1.165, 1.54) is 0 Å². The standard InChI is InChI=1S/C18H16FN3O5/c19-9-14(23)12(8-16(24)25)21-18(26)15-7-13(22-27-15)17-11-4-2-1-3-10(11)5-6-20-17/h1-6,12,15H,7-9H2,(H,21,26)(H,24,25)/t12-,15?/m0/s1. The van der Waals surface area contributed by atoms with Crippen LogP contribution in [0.4, 0.5) is 4.39 Å². The van der Waals surface area contributed by atoms with Crippen molar-refractivity contribution in [3.8, 4) is 0 Å². The first kappa shape index (κ1) is 18.4. The summed E-state index contributed by atoms with van der Waals surface area (Å²) in [5.74, 6) is -3.08. The first-order chi connectivity index (χ1) is 13.0. The van der Waals surface area contributed by atoms with E-state index in [1.54, 1.807) is 6.20 Å². The topological polar surface area (TPSA) is 118 Å². The van der Waals surface area contributed by atoms with Crippen LogP contribution in [0, 0.1) is 0 Å². The second kappa shape index (κ2) is 7.90. The van der Waals surface area contributed by atoms with Crippen LogP contribution < -0.4 is 5.32 Å². The number of nitrogens with one attached hydrogen (secondary N) is 1. The highest BCUT2D eigenvalue weighted by atomic mass is 19.1. The third-order valence-corrected chi connectivity index (χ3v) is 4.12. The summed E-state index contributed by atoms with van der Waals surface area (Å²) < 4.78 is 12.6. The molecule has 1 amide bonds. The number of alkyl halides is 1. The molecule has 9 heteroatoms. The van der Waals surface area contributed by atoms with Gasteiger partial charge in [0.05, 0.1) is 12.1 Å². The fourth-order valence-electron chi connectivity index (χ4n) is 2.79. The molecule has 0 radical (unpaired) electrons. The Bertz CT molecular complexity index is 925. The molecule has 8 nitrogen and oxygen atoms in total. The Morgan fingerprint density at radius 2 is 2.07 bits per heavy atom. The predicted molar refractivity (Wildman–Crippen MR) is 92.9 cm³/mol. The van der Waals surface area contributed by atoms with Gasteiger partial charge in [-0.15, -0.1) is 0 Å². The molecule has 1 aromatic carbocycles. The number of carbonyl (C=O) groups excluding carboxylic acids is 2. The third kappa shape index (κ3) is 4.08. The lowest BCUT2D eigenvalue weighted by Gasteiger charge is -2.16. The van der Waals surface area contributed by atoms with Crippen LogP contribution in [0.15, 0.2) is 41.7 Å². The van der Waals surface area contributed by atoms with Crippen LogP contribution in [0.2, 0.25) is 0 Å². The summed E-state index contributed by atoms with van der Waals surface area (Å²) in [6, 6.07) is 7.92. The van der Waals surface area contributed by atoms with Gasteiger partial charge in [-0.1, -0.05) is 29.4 Å². The zero-order valence-electron chi connectivity index (χ0n) is 14.1. The van der Waals surface area contributed by atoms with Gasteiger partial charge in [-0.2, -0.15) is 0 Å². The number of aliphatic carboxylic acids is 1. The maximum absolute atomic E-state index is 12.6. The van der Waals surface area contributed by atoms with Crippen molar-refractivity contribution < 1.29 is 28.7 Å². The van der Waals surface area contributed by atoms with Crippen molar-refractivity contribution in [2.24, 2.45) is 5.16 Å². The second-order valence-electron chi connectivity index (χ2n) is 5.98. The lowest BCUT2D eigenvalue weighted by atomic mass is 10.0. The summed E-state index contributed by atoms with van der Waals surface area (Å²) in [7, 11) is 0. The summed E-state index contributed by atoms with van der Waals surface area (Å²) >= 11 is 0. The highest BCUT2D eigenvalue weighted by Crippen LogP contribution is 2.22. The monoisotopic (exact) mass is 373 g/mol. The molecule has 0 fully saturated rings. The summed E-state index contributed by atoms with van der Waals surface area (Å²) in [6.45, 7) is -1.37. The number of halogens is 1. The Kier molecular flexibility index (Phi) is 5.39. The Balaban J connectivity index is 1.71. The molecule has 2 atom stereocenters. The molecule has 0 bridgehead atoms. The van der Waals surface area contributed by atoms with E-state index in [4.69, 9.17) is 9.94 Å². The van der Waals surface area contributed by atoms with E-state index >= 15 is 0 Å².